The topological polar surface area (TPSA) is 95.7 Å². The molecule has 0 fully saturated rings. The summed E-state index contributed by atoms with van der Waals surface area (Å²) in [4.78, 5) is 9.97. The molecule has 0 heterocycles. The molecule has 2 aromatic rings. The van der Waals surface area contributed by atoms with Crippen LogP contribution in [0.4, 0.5) is 5.69 Å². The lowest BCUT2D eigenvalue weighted by atomic mass is 10.2. The Morgan fingerprint density at radius 3 is 2.41 bits per heavy atom. The summed E-state index contributed by atoms with van der Waals surface area (Å²) in [6.07, 6.45) is 0. The van der Waals surface area contributed by atoms with Gasteiger partial charge in [0.1, 0.15) is 16.4 Å². The van der Waals surface area contributed by atoms with Crippen LogP contribution < -0.4 is 8.92 Å². The van der Waals surface area contributed by atoms with Crippen molar-refractivity contribution < 1.29 is 22.3 Å². The molecule has 0 saturated carbocycles. The predicted octanol–water partition coefficient (Wildman–Crippen LogP) is 2.68. The summed E-state index contributed by atoms with van der Waals surface area (Å²) in [6.45, 7) is 1.53. The summed E-state index contributed by atoms with van der Waals surface area (Å²) in [5.41, 5.74) is 0.0839. The molecule has 0 unspecified atom stereocenters. The van der Waals surface area contributed by atoms with E-state index in [-0.39, 0.29) is 16.3 Å². The number of aryl methyl sites for hydroxylation is 1. The third kappa shape index (κ3) is 3.34. The summed E-state index contributed by atoms with van der Waals surface area (Å²) in [6, 6.07) is 9.66. The van der Waals surface area contributed by atoms with Crippen LogP contribution in [0.2, 0.25) is 0 Å². The molecule has 0 saturated heterocycles. The third-order valence-corrected chi connectivity index (χ3v) is 4.16. The molecule has 0 amide bonds. The van der Waals surface area contributed by atoms with Gasteiger partial charge in [-0.25, -0.2) is 0 Å². The third-order valence-electron chi connectivity index (χ3n) is 2.91. The Morgan fingerprint density at radius 1 is 1.09 bits per heavy atom. The first-order valence-corrected chi connectivity index (χ1v) is 7.58. The quantitative estimate of drug-likeness (QED) is 0.477. The second-order valence-corrected chi connectivity index (χ2v) is 5.97. The van der Waals surface area contributed by atoms with Crippen LogP contribution in [-0.4, -0.2) is 20.5 Å². The van der Waals surface area contributed by atoms with E-state index in [0.29, 0.717) is 11.3 Å². The predicted molar refractivity (Wildman–Crippen MR) is 78.6 cm³/mol. The van der Waals surface area contributed by atoms with Crippen molar-refractivity contribution in [3.8, 4) is 11.5 Å². The summed E-state index contributed by atoms with van der Waals surface area (Å²) in [5.74, 6) is 0.491. The van der Waals surface area contributed by atoms with Crippen molar-refractivity contribution in [1.82, 2.24) is 0 Å². The van der Waals surface area contributed by atoms with Crippen LogP contribution >= 0.6 is 0 Å². The Labute approximate surface area is 127 Å². The number of benzene rings is 2. The minimum Gasteiger partial charge on any atom is -0.497 e. The molecule has 0 N–H and O–H groups in total. The molecule has 0 aliphatic rings. The minimum atomic E-state index is -4.17. The molecular weight excluding hydrogens is 310 g/mol. The van der Waals surface area contributed by atoms with Crippen LogP contribution in [0.25, 0.3) is 0 Å². The van der Waals surface area contributed by atoms with Gasteiger partial charge in [-0.3, -0.25) is 10.1 Å². The van der Waals surface area contributed by atoms with Crippen LogP contribution in [0.5, 0.6) is 11.5 Å². The lowest BCUT2D eigenvalue weighted by Gasteiger charge is -2.08. The SMILES string of the molecule is COc1cccc(OS(=O)(=O)c2ccc(C)c([N+](=O)[O-])c2)c1. The van der Waals surface area contributed by atoms with Crippen LogP contribution in [0.15, 0.2) is 47.4 Å². The van der Waals surface area contributed by atoms with E-state index < -0.39 is 15.0 Å². The van der Waals surface area contributed by atoms with Gasteiger partial charge in [-0.15, -0.1) is 0 Å². The lowest BCUT2D eigenvalue weighted by molar-refractivity contribution is -0.385. The number of ether oxygens (including phenoxy) is 1. The molecular formula is C14H13NO6S. The number of methoxy groups -OCH3 is 1. The standard InChI is InChI=1S/C14H13NO6S/c1-10-6-7-13(9-14(10)15(16)17)22(18,19)21-12-5-3-4-11(8-12)20-2/h3-9H,1-2H3. The molecule has 0 bridgehead atoms. The fourth-order valence-electron chi connectivity index (χ4n) is 1.77. The molecule has 0 atom stereocenters. The Morgan fingerprint density at radius 2 is 1.77 bits per heavy atom. The average Bonchev–Trinajstić information content (AvgIpc) is 2.46. The number of nitro benzene ring substituents is 1. The number of nitro groups is 1. The van der Waals surface area contributed by atoms with Gasteiger partial charge in [-0.1, -0.05) is 12.1 Å². The molecule has 0 aliphatic heterocycles. The molecule has 0 spiro atoms. The van der Waals surface area contributed by atoms with Gasteiger partial charge in [0.2, 0.25) is 0 Å². The Bertz CT molecular complexity index is 816. The van der Waals surface area contributed by atoms with E-state index in [0.717, 1.165) is 6.07 Å². The van der Waals surface area contributed by atoms with Crippen molar-refractivity contribution in [1.29, 1.82) is 0 Å². The van der Waals surface area contributed by atoms with Gasteiger partial charge in [-0.05, 0) is 25.1 Å². The maximum absolute atomic E-state index is 12.2. The minimum absolute atomic E-state index is 0.0579. The maximum Gasteiger partial charge on any atom is 0.339 e. The van der Waals surface area contributed by atoms with Gasteiger partial charge in [0.25, 0.3) is 5.69 Å². The van der Waals surface area contributed by atoms with Crippen molar-refractivity contribution in [3.05, 3.63) is 58.1 Å². The van der Waals surface area contributed by atoms with Crippen LogP contribution in [-0.2, 0) is 10.1 Å². The summed E-state index contributed by atoms with van der Waals surface area (Å²) in [5, 5.41) is 10.9. The van der Waals surface area contributed by atoms with Crippen LogP contribution in [0, 0.1) is 17.0 Å². The van der Waals surface area contributed by atoms with Gasteiger partial charge < -0.3 is 8.92 Å². The van der Waals surface area contributed by atoms with E-state index in [2.05, 4.69) is 0 Å². The number of hydrogen-bond donors (Lipinski definition) is 0. The largest absolute Gasteiger partial charge is 0.497 e. The Balaban J connectivity index is 2.38. The normalized spacial score (nSPS) is 11.0. The highest BCUT2D eigenvalue weighted by Gasteiger charge is 2.21. The molecule has 2 rings (SSSR count). The van der Waals surface area contributed by atoms with E-state index in [4.69, 9.17) is 8.92 Å². The van der Waals surface area contributed by atoms with Crippen LogP contribution in [0.1, 0.15) is 5.56 Å². The molecule has 8 heteroatoms. The van der Waals surface area contributed by atoms with Gasteiger partial charge in [-0.2, -0.15) is 8.42 Å². The van der Waals surface area contributed by atoms with Crippen LogP contribution in [0.3, 0.4) is 0 Å². The molecule has 116 valence electrons. The molecule has 22 heavy (non-hydrogen) atoms. The number of nitrogens with zero attached hydrogens (tertiary/aromatic N) is 1. The second kappa shape index (κ2) is 6.02. The molecule has 2 aromatic carbocycles. The van der Waals surface area contributed by atoms with Crippen molar-refractivity contribution in [2.45, 2.75) is 11.8 Å². The molecule has 7 nitrogen and oxygen atoms in total. The van der Waals surface area contributed by atoms with Crippen molar-refractivity contribution in [2.24, 2.45) is 0 Å². The van der Waals surface area contributed by atoms with Gasteiger partial charge in [0, 0.05) is 17.7 Å². The Hall–Kier alpha value is -2.61. The first-order valence-electron chi connectivity index (χ1n) is 6.17. The summed E-state index contributed by atoms with van der Waals surface area (Å²) >= 11 is 0. The highest BCUT2D eigenvalue weighted by atomic mass is 32.2. The van der Waals surface area contributed by atoms with Crippen molar-refractivity contribution in [3.63, 3.8) is 0 Å². The van der Waals surface area contributed by atoms with E-state index in [9.17, 15) is 18.5 Å². The fraction of sp³-hybridized carbons (Fsp3) is 0.143. The zero-order valence-corrected chi connectivity index (χ0v) is 12.7. The summed E-state index contributed by atoms with van der Waals surface area (Å²) < 4.78 is 34.4. The Kier molecular flexibility index (Phi) is 4.32. The average molecular weight is 323 g/mol. The van der Waals surface area contributed by atoms with E-state index in [1.807, 2.05) is 0 Å². The highest BCUT2D eigenvalue weighted by Crippen LogP contribution is 2.26. The summed E-state index contributed by atoms with van der Waals surface area (Å²) in [7, 11) is -2.73. The van der Waals surface area contributed by atoms with E-state index >= 15 is 0 Å². The van der Waals surface area contributed by atoms with E-state index in [1.54, 1.807) is 12.1 Å². The molecule has 0 radical (unpaired) electrons. The number of hydrogen-bond acceptors (Lipinski definition) is 6. The zero-order chi connectivity index (χ0) is 16.3. The van der Waals surface area contributed by atoms with E-state index in [1.165, 1.54) is 38.3 Å². The van der Waals surface area contributed by atoms with Gasteiger partial charge >= 0.3 is 10.1 Å². The number of rotatable bonds is 5. The highest BCUT2D eigenvalue weighted by molar-refractivity contribution is 7.87. The maximum atomic E-state index is 12.2. The smallest absolute Gasteiger partial charge is 0.339 e. The monoisotopic (exact) mass is 323 g/mol. The van der Waals surface area contributed by atoms with Crippen molar-refractivity contribution >= 4 is 15.8 Å². The lowest BCUT2D eigenvalue weighted by Crippen LogP contribution is -2.10. The first-order chi connectivity index (χ1) is 10.3. The van der Waals surface area contributed by atoms with Gasteiger partial charge in [0.05, 0.1) is 12.0 Å². The first kappa shape index (κ1) is 15.8. The molecule has 0 aliphatic carbocycles. The zero-order valence-electron chi connectivity index (χ0n) is 11.8. The fourth-order valence-corrected chi connectivity index (χ4v) is 2.71. The van der Waals surface area contributed by atoms with Gasteiger partial charge in [0.15, 0.2) is 0 Å². The second-order valence-electron chi connectivity index (χ2n) is 4.42. The molecule has 0 aromatic heterocycles. The van der Waals surface area contributed by atoms with Crippen molar-refractivity contribution in [2.75, 3.05) is 7.11 Å².